The second kappa shape index (κ2) is 11.0. The standard InChI is InChI=1S/C31H31NO2/c1-23-16-18-27(19-17-23)28-14-9-15-29(20-28)30(21-31(33)34)32(22-25-10-5-3-6-11-25)24(2)26-12-7-4-8-13-26/h3-20,24,30H,21-22H2,1-2H3,(H,33,34)/t24-,30?/m1/s1. The summed E-state index contributed by atoms with van der Waals surface area (Å²) in [4.78, 5) is 14.4. The van der Waals surface area contributed by atoms with E-state index < -0.39 is 5.97 Å². The average Bonchev–Trinajstić information content (AvgIpc) is 2.87. The number of carboxylic acid groups (broad SMARTS) is 1. The highest BCUT2D eigenvalue weighted by Crippen LogP contribution is 2.36. The van der Waals surface area contributed by atoms with Gasteiger partial charge >= 0.3 is 5.97 Å². The Kier molecular flexibility index (Phi) is 7.56. The van der Waals surface area contributed by atoms with Crippen LogP contribution in [0.5, 0.6) is 0 Å². The van der Waals surface area contributed by atoms with Crippen LogP contribution in [0.15, 0.2) is 109 Å². The molecule has 1 unspecified atom stereocenters. The van der Waals surface area contributed by atoms with E-state index in [0.717, 1.165) is 22.3 Å². The van der Waals surface area contributed by atoms with Gasteiger partial charge in [0.05, 0.1) is 6.42 Å². The minimum atomic E-state index is -0.802. The van der Waals surface area contributed by atoms with Crippen LogP contribution in [0, 0.1) is 6.92 Å². The second-order valence-corrected chi connectivity index (χ2v) is 8.85. The number of rotatable bonds is 9. The van der Waals surface area contributed by atoms with Crippen LogP contribution in [0.4, 0.5) is 0 Å². The maximum absolute atomic E-state index is 12.1. The first-order valence-corrected chi connectivity index (χ1v) is 11.7. The van der Waals surface area contributed by atoms with Gasteiger partial charge in [0.2, 0.25) is 0 Å². The van der Waals surface area contributed by atoms with Gasteiger partial charge in [-0.3, -0.25) is 9.69 Å². The molecule has 2 atom stereocenters. The van der Waals surface area contributed by atoms with Crippen molar-refractivity contribution in [2.45, 2.75) is 38.9 Å². The van der Waals surface area contributed by atoms with Gasteiger partial charge in [-0.1, -0.05) is 109 Å². The van der Waals surface area contributed by atoms with Crippen LogP contribution in [0.1, 0.15) is 47.7 Å². The third-order valence-electron chi connectivity index (χ3n) is 6.41. The summed E-state index contributed by atoms with van der Waals surface area (Å²) in [5.74, 6) is -0.802. The van der Waals surface area contributed by atoms with E-state index in [1.807, 2.05) is 42.5 Å². The number of nitrogens with zero attached hydrogens (tertiary/aromatic N) is 1. The molecule has 0 heterocycles. The molecule has 0 amide bonds. The molecular formula is C31H31NO2. The van der Waals surface area contributed by atoms with Crippen LogP contribution in [0.25, 0.3) is 11.1 Å². The molecule has 0 aromatic heterocycles. The Morgan fingerprint density at radius 3 is 2.03 bits per heavy atom. The first-order valence-electron chi connectivity index (χ1n) is 11.7. The highest BCUT2D eigenvalue weighted by molar-refractivity contribution is 5.69. The van der Waals surface area contributed by atoms with Gasteiger partial charge < -0.3 is 5.11 Å². The normalized spacial score (nSPS) is 12.9. The molecule has 0 fully saturated rings. The van der Waals surface area contributed by atoms with Crippen LogP contribution < -0.4 is 0 Å². The van der Waals surface area contributed by atoms with Gasteiger partial charge in [-0.2, -0.15) is 0 Å². The molecule has 4 aromatic rings. The van der Waals surface area contributed by atoms with Crippen molar-refractivity contribution in [1.82, 2.24) is 4.90 Å². The van der Waals surface area contributed by atoms with Crippen molar-refractivity contribution >= 4 is 5.97 Å². The minimum Gasteiger partial charge on any atom is -0.481 e. The largest absolute Gasteiger partial charge is 0.481 e. The molecule has 0 radical (unpaired) electrons. The SMILES string of the molecule is Cc1ccc(-c2cccc(C(CC(=O)O)N(Cc3ccccc3)[C@H](C)c3ccccc3)c2)cc1. The number of hydrogen-bond acceptors (Lipinski definition) is 2. The molecule has 0 saturated heterocycles. The summed E-state index contributed by atoms with van der Waals surface area (Å²) >= 11 is 0. The maximum Gasteiger partial charge on any atom is 0.305 e. The van der Waals surface area contributed by atoms with Crippen molar-refractivity contribution in [2.75, 3.05) is 0 Å². The Balaban J connectivity index is 1.77. The Bertz CT molecular complexity index is 1200. The van der Waals surface area contributed by atoms with E-state index in [-0.39, 0.29) is 18.5 Å². The summed E-state index contributed by atoms with van der Waals surface area (Å²) in [6.07, 6.45) is 0.0291. The van der Waals surface area contributed by atoms with E-state index in [1.54, 1.807) is 0 Å². The van der Waals surface area contributed by atoms with Crippen LogP contribution in [0.2, 0.25) is 0 Å². The molecule has 1 N–H and O–H groups in total. The summed E-state index contributed by atoms with van der Waals surface area (Å²) in [5.41, 5.74) is 6.79. The second-order valence-electron chi connectivity index (χ2n) is 8.85. The van der Waals surface area contributed by atoms with E-state index in [9.17, 15) is 9.90 Å². The summed E-state index contributed by atoms with van der Waals surface area (Å²) in [5, 5.41) is 9.90. The van der Waals surface area contributed by atoms with Crippen LogP contribution in [-0.4, -0.2) is 16.0 Å². The van der Waals surface area contributed by atoms with Crippen LogP contribution >= 0.6 is 0 Å². The summed E-state index contributed by atoms with van der Waals surface area (Å²) < 4.78 is 0. The fourth-order valence-corrected chi connectivity index (χ4v) is 4.50. The van der Waals surface area contributed by atoms with Crippen LogP contribution in [-0.2, 0) is 11.3 Å². The molecule has 0 aliphatic rings. The third kappa shape index (κ3) is 5.81. The predicted molar refractivity (Wildman–Crippen MR) is 138 cm³/mol. The number of aryl methyl sites for hydroxylation is 1. The van der Waals surface area contributed by atoms with Crippen molar-refractivity contribution in [3.05, 3.63) is 131 Å². The zero-order valence-electron chi connectivity index (χ0n) is 19.8. The fourth-order valence-electron chi connectivity index (χ4n) is 4.50. The molecule has 0 spiro atoms. The molecule has 0 bridgehead atoms. The van der Waals surface area contributed by atoms with Gasteiger partial charge in [-0.05, 0) is 47.7 Å². The smallest absolute Gasteiger partial charge is 0.305 e. The monoisotopic (exact) mass is 449 g/mol. The molecule has 0 saturated carbocycles. The number of benzene rings is 4. The van der Waals surface area contributed by atoms with Crippen molar-refractivity contribution in [3.8, 4) is 11.1 Å². The maximum atomic E-state index is 12.1. The van der Waals surface area contributed by atoms with Gasteiger partial charge in [-0.15, -0.1) is 0 Å². The Morgan fingerprint density at radius 1 is 0.765 bits per heavy atom. The first kappa shape index (κ1) is 23.5. The molecule has 0 aliphatic carbocycles. The number of carbonyl (C=O) groups is 1. The minimum absolute atomic E-state index is 0.0291. The zero-order chi connectivity index (χ0) is 23.9. The lowest BCUT2D eigenvalue weighted by molar-refractivity contribution is -0.138. The summed E-state index contributed by atoms with van der Waals surface area (Å²) in [6, 6.07) is 37.1. The third-order valence-corrected chi connectivity index (χ3v) is 6.41. The van der Waals surface area contributed by atoms with E-state index in [2.05, 4.69) is 85.5 Å². The van der Waals surface area contributed by atoms with E-state index >= 15 is 0 Å². The molecule has 3 heteroatoms. The molecule has 172 valence electrons. The molecular weight excluding hydrogens is 418 g/mol. The number of hydrogen-bond donors (Lipinski definition) is 1. The quantitative estimate of drug-likeness (QED) is 0.289. The lowest BCUT2D eigenvalue weighted by Crippen LogP contribution is -2.32. The van der Waals surface area contributed by atoms with Crippen LogP contribution in [0.3, 0.4) is 0 Å². The van der Waals surface area contributed by atoms with Crippen molar-refractivity contribution in [1.29, 1.82) is 0 Å². The summed E-state index contributed by atoms with van der Waals surface area (Å²) in [6.45, 7) is 4.90. The van der Waals surface area contributed by atoms with Crippen molar-refractivity contribution in [3.63, 3.8) is 0 Å². The first-order chi connectivity index (χ1) is 16.5. The van der Waals surface area contributed by atoms with E-state index in [1.165, 1.54) is 11.1 Å². The lowest BCUT2D eigenvalue weighted by Gasteiger charge is -2.37. The molecule has 34 heavy (non-hydrogen) atoms. The molecule has 0 aliphatic heterocycles. The predicted octanol–water partition coefficient (Wildman–Crippen LogP) is 7.44. The zero-order valence-corrected chi connectivity index (χ0v) is 19.8. The summed E-state index contributed by atoms with van der Waals surface area (Å²) in [7, 11) is 0. The highest BCUT2D eigenvalue weighted by Gasteiger charge is 2.28. The number of carboxylic acids is 1. The fraction of sp³-hybridized carbons (Fsp3) is 0.194. The van der Waals surface area contributed by atoms with E-state index in [0.29, 0.717) is 6.54 Å². The van der Waals surface area contributed by atoms with Crippen molar-refractivity contribution in [2.24, 2.45) is 0 Å². The topological polar surface area (TPSA) is 40.5 Å². The van der Waals surface area contributed by atoms with Gasteiger partial charge in [0, 0.05) is 18.6 Å². The number of aliphatic carboxylic acids is 1. The Morgan fingerprint density at radius 2 is 1.38 bits per heavy atom. The molecule has 4 rings (SSSR count). The van der Waals surface area contributed by atoms with Crippen molar-refractivity contribution < 1.29 is 9.90 Å². The van der Waals surface area contributed by atoms with Gasteiger partial charge in [0.15, 0.2) is 0 Å². The van der Waals surface area contributed by atoms with E-state index in [4.69, 9.17) is 0 Å². The van der Waals surface area contributed by atoms with Gasteiger partial charge in [0.25, 0.3) is 0 Å². The highest BCUT2D eigenvalue weighted by atomic mass is 16.4. The lowest BCUT2D eigenvalue weighted by atomic mass is 9.94. The molecule has 3 nitrogen and oxygen atoms in total. The molecule has 4 aromatic carbocycles. The van der Waals surface area contributed by atoms with Gasteiger partial charge in [-0.25, -0.2) is 0 Å². The average molecular weight is 450 g/mol. The van der Waals surface area contributed by atoms with Gasteiger partial charge in [0.1, 0.15) is 0 Å². The Hall–Kier alpha value is -3.69. The Labute approximate surface area is 202 Å².